The molecule has 7 heteroatoms. The first-order valence-corrected chi connectivity index (χ1v) is 8.57. The van der Waals surface area contributed by atoms with E-state index in [4.69, 9.17) is 4.74 Å². The summed E-state index contributed by atoms with van der Waals surface area (Å²) in [5, 5.41) is 6.48. The van der Waals surface area contributed by atoms with Gasteiger partial charge in [0.25, 0.3) is 0 Å². The Morgan fingerprint density at radius 1 is 1.24 bits per heavy atom. The minimum atomic E-state index is -0.271. The molecule has 0 aliphatic carbocycles. The van der Waals surface area contributed by atoms with Gasteiger partial charge in [-0.1, -0.05) is 6.07 Å². The minimum absolute atomic E-state index is 0.271. The van der Waals surface area contributed by atoms with Crippen LogP contribution in [0.3, 0.4) is 0 Å². The number of benzene rings is 1. The summed E-state index contributed by atoms with van der Waals surface area (Å²) in [7, 11) is 1.64. The van der Waals surface area contributed by atoms with E-state index in [9.17, 15) is 4.39 Å². The lowest BCUT2D eigenvalue weighted by molar-refractivity contribution is 0.207. The monoisotopic (exact) mass is 356 g/mol. The summed E-state index contributed by atoms with van der Waals surface area (Å²) in [6, 6.07) is 11.9. The molecule has 0 aliphatic rings. The van der Waals surface area contributed by atoms with Crippen LogP contribution >= 0.6 is 11.3 Å². The van der Waals surface area contributed by atoms with Crippen molar-refractivity contribution in [2.24, 2.45) is 10.1 Å². The molecule has 25 heavy (non-hydrogen) atoms. The molecular weight excluding hydrogens is 339 g/mol. The number of thiazole rings is 1. The van der Waals surface area contributed by atoms with Crippen LogP contribution in [0.2, 0.25) is 0 Å². The van der Waals surface area contributed by atoms with Crippen LogP contribution in [0.5, 0.6) is 0 Å². The Morgan fingerprint density at radius 2 is 2.08 bits per heavy atom. The predicted octanol–water partition coefficient (Wildman–Crippen LogP) is 3.18. The average molecular weight is 356 g/mol. The van der Waals surface area contributed by atoms with E-state index in [1.165, 1.54) is 23.5 Å². The van der Waals surface area contributed by atoms with Crippen LogP contribution in [-0.4, -0.2) is 36.1 Å². The van der Waals surface area contributed by atoms with Gasteiger partial charge < -0.3 is 4.74 Å². The van der Waals surface area contributed by atoms with Gasteiger partial charge in [0.1, 0.15) is 5.82 Å². The van der Waals surface area contributed by atoms with Crippen LogP contribution in [0.25, 0.3) is 11.3 Å². The second kappa shape index (κ2) is 8.46. The average Bonchev–Trinajstić information content (AvgIpc) is 3.04. The number of rotatable bonds is 6. The zero-order valence-electron chi connectivity index (χ0n) is 13.7. The maximum Gasteiger partial charge on any atom is 0.206 e. The molecule has 2 heterocycles. The number of ether oxygens (including phenoxy) is 1. The highest BCUT2D eigenvalue weighted by molar-refractivity contribution is 7.07. The highest BCUT2D eigenvalue weighted by Crippen LogP contribution is 2.20. The smallest absolute Gasteiger partial charge is 0.206 e. The number of hydrogen-bond acceptors (Lipinski definition) is 5. The molecule has 2 aromatic heterocycles. The van der Waals surface area contributed by atoms with Crippen LogP contribution in [0.1, 0.15) is 5.69 Å². The van der Waals surface area contributed by atoms with Gasteiger partial charge in [-0.25, -0.2) is 9.07 Å². The molecule has 128 valence electrons. The standard InChI is InChI=1S/C18H17FN4OS/c1-24-11-10-21-18-23(22-12-16-4-2-3-9-20-16)17(13-25-18)14-5-7-15(19)8-6-14/h2-9,12-13H,10-11H2,1H3/b21-18?,22-12-. The van der Waals surface area contributed by atoms with Crippen molar-refractivity contribution in [3.05, 3.63) is 70.4 Å². The molecule has 0 N–H and O–H groups in total. The zero-order valence-corrected chi connectivity index (χ0v) is 14.5. The summed E-state index contributed by atoms with van der Waals surface area (Å²) >= 11 is 1.47. The first kappa shape index (κ1) is 17.2. The SMILES string of the molecule is COCCN=c1scc(-c2ccc(F)cc2)n1/N=C\c1ccccn1. The van der Waals surface area contributed by atoms with E-state index < -0.39 is 0 Å². The number of pyridine rings is 1. The lowest BCUT2D eigenvalue weighted by Gasteiger charge is -2.03. The van der Waals surface area contributed by atoms with Crippen molar-refractivity contribution in [3.63, 3.8) is 0 Å². The predicted molar refractivity (Wildman–Crippen MR) is 97.2 cm³/mol. The van der Waals surface area contributed by atoms with E-state index >= 15 is 0 Å². The van der Waals surface area contributed by atoms with Crippen molar-refractivity contribution in [1.82, 2.24) is 9.66 Å². The van der Waals surface area contributed by atoms with E-state index in [0.717, 1.165) is 21.8 Å². The van der Waals surface area contributed by atoms with Gasteiger partial charge >= 0.3 is 0 Å². The molecular formula is C18H17FN4OS. The molecule has 0 bridgehead atoms. The highest BCUT2D eigenvalue weighted by Gasteiger charge is 2.07. The van der Waals surface area contributed by atoms with Crippen LogP contribution < -0.4 is 4.80 Å². The first-order valence-electron chi connectivity index (χ1n) is 7.69. The summed E-state index contributed by atoms with van der Waals surface area (Å²) in [6.45, 7) is 1.08. The fourth-order valence-electron chi connectivity index (χ4n) is 2.14. The fraction of sp³-hybridized carbons (Fsp3) is 0.167. The normalized spacial score (nSPS) is 12.2. The number of aromatic nitrogens is 2. The van der Waals surface area contributed by atoms with Gasteiger partial charge in [-0.05, 0) is 36.4 Å². The highest BCUT2D eigenvalue weighted by atomic mass is 32.1. The molecule has 0 saturated heterocycles. The molecule has 0 radical (unpaired) electrons. The van der Waals surface area contributed by atoms with Crippen molar-refractivity contribution < 1.29 is 9.13 Å². The van der Waals surface area contributed by atoms with Crippen molar-refractivity contribution >= 4 is 17.6 Å². The topological polar surface area (TPSA) is 51.8 Å². The van der Waals surface area contributed by atoms with Crippen molar-refractivity contribution in [1.29, 1.82) is 0 Å². The summed E-state index contributed by atoms with van der Waals surface area (Å²) in [5.74, 6) is -0.271. The summed E-state index contributed by atoms with van der Waals surface area (Å²) in [6.07, 6.45) is 3.39. The van der Waals surface area contributed by atoms with E-state index in [2.05, 4.69) is 15.1 Å². The Bertz CT molecular complexity index is 901. The third kappa shape index (κ3) is 4.46. The minimum Gasteiger partial charge on any atom is -0.383 e. The van der Waals surface area contributed by atoms with E-state index in [1.54, 1.807) is 36.3 Å². The largest absolute Gasteiger partial charge is 0.383 e. The van der Waals surface area contributed by atoms with Gasteiger partial charge in [0, 0.05) is 24.3 Å². The Hall–Kier alpha value is -2.64. The van der Waals surface area contributed by atoms with Crippen LogP contribution in [0, 0.1) is 5.82 Å². The molecule has 0 atom stereocenters. The Kier molecular flexibility index (Phi) is 5.81. The second-order valence-corrected chi connectivity index (χ2v) is 5.93. The Balaban J connectivity index is 2.02. The van der Waals surface area contributed by atoms with E-state index in [0.29, 0.717) is 13.2 Å². The molecule has 1 aromatic carbocycles. The molecule has 0 aliphatic heterocycles. The maximum absolute atomic E-state index is 13.2. The van der Waals surface area contributed by atoms with E-state index in [-0.39, 0.29) is 5.82 Å². The van der Waals surface area contributed by atoms with E-state index in [1.807, 2.05) is 23.6 Å². The van der Waals surface area contributed by atoms with Gasteiger partial charge in [0.2, 0.25) is 4.80 Å². The second-order valence-electron chi connectivity index (χ2n) is 5.10. The van der Waals surface area contributed by atoms with Gasteiger partial charge in [-0.2, -0.15) is 5.10 Å². The number of hydrogen-bond donors (Lipinski definition) is 0. The van der Waals surface area contributed by atoms with Crippen LogP contribution in [0.4, 0.5) is 4.39 Å². The van der Waals surface area contributed by atoms with Gasteiger partial charge in [-0.15, -0.1) is 11.3 Å². The first-order chi connectivity index (χ1) is 12.3. The lowest BCUT2D eigenvalue weighted by atomic mass is 10.2. The van der Waals surface area contributed by atoms with Gasteiger partial charge in [-0.3, -0.25) is 9.98 Å². The molecule has 0 spiro atoms. The summed E-state index contributed by atoms with van der Waals surface area (Å²) in [5.41, 5.74) is 2.45. The van der Waals surface area contributed by atoms with Gasteiger partial charge in [0.15, 0.2) is 0 Å². The molecule has 3 rings (SSSR count). The number of methoxy groups -OCH3 is 1. The maximum atomic E-state index is 13.2. The molecule has 0 fully saturated rings. The third-order valence-electron chi connectivity index (χ3n) is 3.36. The fourth-order valence-corrected chi connectivity index (χ4v) is 3.00. The van der Waals surface area contributed by atoms with Crippen molar-refractivity contribution in [2.75, 3.05) is 20.3 Å². The van der Waals surface area contributed by atoms with Crippen LogP contribution in [-0.2, 0) is 4.74 Å². The lowest BCUT2D eigenvalue weighted by Crippen LogP contribution is -2.13. The Labute approximate surface area is 148 Å². The number of halogens is 1. The van der Waals surface area contributed by atoms with Crippen molar-refractivity contribution in [2.45, 2.75) is 0 Å². The summed E-state index contributed by atoms with van der Waals surface area (Å²) < 4.78 is 20.0. The van der Waals surface area contributed by atoms with Gasteiger partial charge in [0.05, 0.1) is 30.8 Å². The third-order valence-corrected chi connectivity index (χ3v) is 4.22. The van der Waals surface area contributed by atoms with Crippen molar-refractivity contribution in [3.8, 4) is 11.3 Å². The quantitative estimate of drug-likeness (QED) is 0.503. The van der Waals surface area contributed by atoms with Crippen LogP contribution in [0.15, 0.2) is 64.1 Å². The molecule has 3 aromatic rings. The molecule has 5 nitrogen and oxygen atoms in total. The molecule has 0 amide bonds. The summed E-state index contributed by atoms with van der Waals surface area (Å²) in [4.78, 5) is 9.50. The zero-order chi connectivity index (χ0) is 17.5. The molecule has 0 unspecified atom stereocenters. The molecule has 0 saturated carbocycles. The number of nitrogens with zero attached hydrogens (tertiary/aromatic N) is 4. The Morgan fingerprint density at radius 3 is 2.80 bits per heavy atom.